The number of benzene rings is 3. The Bertz CT molecular complexity index is 1160. The molecule has 2 unspecified atom stereocenters. The molecule has 164 valence electrons. The summed E-state index contributed by atoms with van der Waals surface area (Å²) in [6.07, 6.45) is 0. The van der Waals surface area contributed by atoms with E-state index in [1.807, 2.05) is 72.8 Å². The minimum absolute atomic E-state index is 0.0699. The minimum atomic E-state index is -0.0699. The van der Waals surface area contributed by atoms with Crippen LogP contribution in [0, 0.1) is 0 Å². The second-order valence-electron chi connectivity index (χ2n) is 7.54. The van der Waals surface area contributed by atoms with Crippen molar-refractivity contribution < 1.29 is 9.21 Å². The molecule has 1 aromatic heterocycles. The Labute approximate surface area is 201 Å². The number of carbonyl (C=O) groups excluding carboxylic acids is 1. The van der Waals surface area contributed by atoms with E-state index in [1.54, 1.807) is 0 Å². The van der Waals surface area contributed by atoms with E-state index in [4.69, 9.17) is 27.6 Å². The van der Waals surface area contributed by atoms with Crippen LogP contribution >= 0.6 is 35.0 Å². The number of nitrogens with zero attached hydrogens (tertiary/aromatic N) is 1. The third kappa shape index (κ3) is 5.66. The standard InChI is InChI=1S/C25H22Cl2N2O2S/c1-16(17-6-10-19(26)11-7-17)21(18-8-12-20(27)13-9-18)14-28-24(30)15-32-25-29-22-4-2-3-5-23(22)31-25/h2-13,16,21H,14-15H2,1H3,(H,28,30). The number of thioether (sulfide) groups is 1. The molecule has 0 saturated heterocycles. The first-order chi connectivity index (χ1) is 15.5. The summed E-state index contributed by atoms with van der Waals surface area (Å²) in [5, 5.41) is 4.95. The summed E-state index contributed by atoms with van der Waals surface area (Å²) in [6, 6.07) is 23.2. The first-order valence-corrected chi connectivity index (χ1v) is 12.0. The zero-order chi connectivity index (χ0) is 22.5. The number of fused-ring (bicyclic) bond motifs is 1. The van der Waals surface area contributed by atoms with Gasteiger partial charge in [-0.25, -0.2) is 4.98 Å². The van der Waals surface area contributed by atoms with Crippen LogP contribution in [0.1, 0.15) is 29.9 Å². The number of nitrogens with one attached hydrogen (secondary N) is 1. The van der Waals surface area contributed by atoms with Crippen molar-refractivity contribution in [1.29, 1.82) is 0 Å². The van der Waals surface area contributed by atoms with E-state index >= 15 is 0 Å². The van der Waals surface area contributed by atoms with Gasteiger partial charge >= 0.3 is 0 Å². The molecule has 3 aromatic carbocycles. The molecule has 4 aromatic rings. The van der Waals surface area contributed by atoms with E-state index < -0.39 is 0 Å². The van der Waals surface area contributed by atoms with E-state index in [0.717, 1.165) is 22.2 Å². The maximum absolute atomic E-state index is 12.6. The summed E-state index contributed by atoms with van der Waals surface area (Å²) >= 11 is 13.4. The molecule has 0 aliphatic carbocycles. The molecule has 0 bridgehead atoms. The van der Waals surface area contributed by atoms with Gasteiger partial charge in [-0.2, -0.15) is 0 Å². The van der Waals surface area contributed by atoms with Gasteiger partial charge in [-0.05, 0) is 53.4 Å². The highest BCUT2D eigenvalue weighted by molar-refractivity contribution is 7.99. The van der Waals surface area contributed by atoms with Gasteiger partial charge in [0.15, 0.2) is 5.58 Å². The smallest absolute Gasteiger partial charge is 0.257 e. The molecule has 0 aliphatic rings. The summed E-state index contributed by atoms with van der Waals surface area (Å²) in [6.45, 7) is 2.65. The zero-order valence-electron chi connectivity index (χ0n) is 17.4. The maximum atomic E-state index is 12.6. The van der Waals surface area contributed by atoms with Gasteiger partial charge in [-0.3, -0.25) is 4.79 Å². The van der Waals surface area contributed by atoms with Crippen LogP contribution in [0.5, 0.6) is 0 Å². The highest BCUT2D eigenvalue weighted by Gasteiger charge is 2.22. The van der Waals surface area contributed by atoms with Crippen molar-refractivity contribution in [1.82, 2.24) is 10.3 Å². The number of halogens is 2. The van der Waals surface area contributed by atoms with Gasteiger partial charge in [0, 0.05) is 22.5 Å². The Morgan fingerprint density at radius 1 is 0.969 bits per heavy atom. The van der Waals surface area contributed by atoms with Crippen molar-refractivity contribution in [3.05, 3.63) is 94.0 Å². The Hall–Kier alpha value is -2.47. The molecule has 1 heterocycles. The monoisotopic (exact) mass is 484 g/mol. The number of hydrogen-bond acceptors (Lipinski definition) is 4. The Kier molecular flexibility index (Phi) is 7.40. The van der Waals surface area contributed by atoms with Crippen molar-refractivity contribution in [3.63, 3.8) is 0 Å². The fraction of sp³-hybridized carbons (Fsp3) is 0.200. The lowest BCUT2D eigenvalue weighted by Gasteiger charge is -2.25. The first-order valence-electron chi connectivity index (χ1n) is 10.3. The van der Waals surface area contributed by atoms with Crippen molar-refractivity contribution in [2.24, 2.45) is 0 Å². The second kappa shape index (κ2) is 10.4. The SMILES string of the molecule is CC(c1ccc(Cl)cc1)C(CNC(=O)CSc1nc2ccccc2o1)c1ccc(Cl)cc1. The van der Waals surface area contributed by atoms with Crippen molar-refractivity contribution in [3.8, 4) is 0 Å². The largest absolute Gasteiger partial charge is 0.431 e. The highest BCUT2D eigenvalue weighted by atomic mass is 35.5. The Balaban J connectivity index is 1.42. The van der Waals surface area contributed by atoms with E-state index in [9.17, 15) is 4.79 Å². The second-order valence-corrected chi connectivity index (χ2v) is 9.34. The molecule has 0 saturated carbocycles. The number of para-hydroxylation sites is 2. The normalized spacial score (nSPS) is 13.1. The van der Waals surface area contributed by atoms with Gasteiger partial charge in [-0.15, -0.1) is 0 Å². The molecule has 7 heteroatoms. The van der Waals surface area contributed by atoms with Crippen LogP contribution in [0.25, 0.3) is 11.1 Å². The van der Waals surface area contributed by atoms with Gasteiger partial charge in [0.05, 0.1) is 5.75 Å². The van der Waals surface area contributed by atoms with Crippen LogP contribution in [-0.4, -0.2) is 23.2 Å². The van der Waals surface area contributed by atoms with E-state index in [1.165, 1.54) is 11.8 Å². The molecule has 0 radical (unpaired) electrons. The van der Waals surface area contributed by atoms with Crippen LogP contribution in [0.3, 0.4) is 0 Å². The summed E-state index contributed by atoms with van der Waals surface area (Å²) in [4.78, 5) is 17.0. The van der Waals surface area contributed by atoms with Crippen LogP contribution < -0.4 is 5.32 Å². The van der Waals surface area contributed by atoms with Crippen LogP contribution in [0.2, 0.25) is 10.0 Å². The molecular weight excluding hydrogens is 463 g/mol. The van der Waals surface area contributed by atoms with E-state index in [0.29, 0.717) is 21.8 Å². The number of amides is 1. The average molecular weight is 485 g/mol. The molecule has 4 rings (SSSR count). The molecule has 32 heavy (non-hydrogen) atoms. The number of rotatable bonds is 8. The van der Waals surface area contributed by atoms with Gasteiger partial charge in [0.25, 0.3) is 5.22 Å². The minimum Gasteiger partial charge on any atom is -0.431 e. The molecule has 0 aliphatic heterocycles. The summed E-state index contributed by atoms with van der Waals surface area (Å²) in [5.41, 5.74) is 3.78. The third-order valence-electron chi connectivity index (χ3n) is 5.42. The average Bonchev–Trinajstić information content (AvgIpc) is 3.22. The predicted molar refractivity (Wildman–Crippen MR) is 132 cm³/mol. The number of oxazole rings is 1. The molecule has 1 N–H and O–H groups in total. The number of aromatic nitrogens is 1. The molecule has 1 amide bonds. The maximum Gasteiger partial charge on any atom is 0.257 e. The van der Waals surface area contributed by atoms with Gasteiger partial charge in [-0.1, -0.05) is 78.3 Å². The summed E-state index contributed by atoms with van der Waals surface area (Å²) < 4.78 is 5.68. The van der Waals surface area contributed by atoms with Crippen molar-refractivity contribution in [2.45, 2.75) is 24.0 Å². The van der Waals surface area contributed by atoms with Crippen molar-refractivity contribution in [2.75, 3.05) is 12.3 Å². The van der Waals surface area contributed by atoms with E-state index in [-0.39, 0.29) is 23.5 Å². The van der Waals surface area contributed by atoms with Crippen LogP contribution in [-0.2, 0) is 4.79 Å². The van der Waals surface area contributed by atoms with Gasteiger partial charge in [0.2, 0.25) is 5.91 Å². The van der Waals surface area contributed by atoms with Crippen LogP contribution in [0.4, 0.5) is 0 Å². The highest BCUT2D eigenvalue weighted by Crippen LogP contribution is 2.33. The fourth-order valence-corrected chi connectivity index (χ4v) is 4.53. The molecule has 4 nitrogen and oxygen atoms in total. The topological polar surface area (TPSA) is 55.1 Å². The lowest BCUT2D eigenvalue weighted by Crippen LogP contribution is -2.31. The summed E-state index contributed by atoms with van der Waals surface area (Å²) in [7, 11) is 0. The Morgan fingerprint density at radius 3 is 2.25 bits per heavy atom. The molecule has 2 atom stereocenters. The number of hydrogen-bond donors (Lipinski definition) is 1. The quantitative estimate of drug-likeness (QED) is 0.275. The molecule has 0 fully saturated rings. The van der Waals surface area contributed by atoms with Gasteiger partial charge in [0.1, 0.15) is 5.52 Å². The van der Waals surface area contributed by atoms with E-state index in [2.05, 4.69) is 17.2 Å². The lowest BCUT2D eigenvalue weighted by molar-refractivity contribution is -0.118. The third-order valence-corrected chi connectivity index (χ3v) is 6.75. The van der Waals surface area contributed by atoms with Gasteiger partial charge < -0.3 is 9.73 Å². The molecular formula is C25H22Cl2N2O2S. The zero-order valence-corrected chi connectivity index (χ0v) is 19.8. The lowest BCUT2D eigenvalue weighted by atomic mass is 9.82. The fourth-order valence-electron chi connectivity index (χ4n) is 3.61. The number of carbonyl (C=O) groups is 1. The summed E-state index contributed by atoms with van der Waals surface area (Å²) in [5.74, 6) is 0.403. The first kappa shape index (κ1) is 22.7. The predicted octanol–water partition coefficient (Wildman–Crippen LogP) is 6.93. The Morgan fingerprint density at radius 2 is 1.59 bits per heavy atom. The molecule has 0 spiro atoms. The van der Waals surface area contributed by atoms with Crippen molar-refractivity contribution >= 4 is 52.0 Å². The van der Waals surface area contributed by atoms with Crippen LogP contribution in [0.15, 0.2) is 82.4 Å².